The second-order valence-electron chi connectivity index (χ2n) is 6.25. The zero-order chi connectivity index (χ0) is 17.3. The maximum atomic E-state index is 12.5. The molecule has 1 aliphatic rings. The summed E-state index contributed by atoms with van der Waals surface area (Å²) in [6.07, 6.45) is 1.57. The first-order valence-electron chi connectivity index (χ1n) is 8.21. The Morgan fingerprint density at radius 1 is 0.840 bits per heavy atom. The van der Waals surface area contributed by atoms with Crippen molar-refractivity contribution in [3.05, 3.63) is 78.0 Å². The van der Waals surface area contributed by atoms with E-state index in [1.807, 2.05) is 60.7 Å². The summed E-state index contributed by atoms with van der Waals surface area (Å²) in [5.74, 6) is -0.615. The van der Waals surface area contributed by atoms with Crippen LogP contribution in [-0.4, -0.2) is 16.8 Å². The second-order valence-corrected chi connectivity index (χ2v) is 6.25. The minimum Gasteiger partial charge on any atom is -0.272 e. The molecule has 1 aliphatic carbocycles. The Hall–Kier alpha value is -3.21. The van der Waals surface area contributed by atoms with Gasteiger partial charge in [-0.1, -0.05) is 54.6 Å². The highest BCUT2D eigenvalue weighted by atomic mass is 16.2. The van der Waals surface area contributed by atoms with Gasteiger partial charge in [0.2, 0.25) is 5.91 Å². The summed E-state index contributed by atoms with van der Waals surface area (Å²) in [5, 5.41) is 0.962. The van der Waals surface area contributed by atoms with E-state index in [4.69, 9.17) is 0 Å². The van der Waals surface area contributed by atoms with Gasteiger partial charge in [0.25, 0.3) is 5.91 Å². The van der Waals surface area contributed by atoms with Crippen LogP contribution in [0.1, 0.15) is 28.9 Å². The molecule has 0 saturated heterocycles. The number of fused-ring (bicyclic) bond motifs is 1. The first-order valence-corrected chi connectivity index (χ1v) is 8.21. The topological polar surface area (TPSA) is 71.1 Å². The standard InChI is InChI=1S/C20H17N3O2/c24-18(17-11-10-14-6-4-5-9-16(14)21-17)22-23-19(25)20(12-13-20)15-7-2-1-3-8-15/h1-11H,12-13H2,(H,22,24)(H,23,25). The van der Waals surface area contributed by atoms with Crippen LogP contribution in [0, 0.1) is 0 Å². The van der Waals surface area contributed by atoms with E-state index >= 15 is 0 Å². The third-order valence-electron chi connectivity index (χ3n) is 4.63. The molecule has 2 aromatic carbocycles. The van der Waals surface area contributed by atoms with Crippen molar-refractivity contribution in [1.29, 1.82) is 0 Å². The van der Waals surface area contributed by atoms with Gasteiger partial charge in [0.15, 0.2) is 0 Å². The summed E-state index contributed by atoms with van der Waals surface area (Å²) >= 11 is 0. The molecule has 1 heterocycles. The number of aromatic nitrogens is 1. The van der Waals surface area contributed by atoms with E-state index in [1.165, 1.54) is 0 Å². The first-order chi connectivity index (χ1) is 12.2. The number of benzene rings is 2. The van der Waals surface area contributed by atoms with Gasteiger partial charge < -0.3 is 0 Å². The lowest BCUT2D eigenvalue weighted by molar-refractivity contribution is -0.124. The van der Waals surface area contributed by atoms with Crippen LogP contribution in [0.15, 0.2) is 66.7 Å². The van der Waals surface area contributed by atoms with Crippen LogP contribution in [0.2, 0.25) is 0 Å². The van der Waals surface area contributed by atoms with Crippen molar-refractivity contribution in [2.75, 3.05) is 0 Å². The Labute approximate surface area is 145 Å². The van der Waals surface area contributed by atoms with Gasteiger partial charge in [-0.2, -0.15) is 0 Å². The molecule has 25 heavy (non-hydrogen) atoms. The third kappa shape index (κ3) is 2.85. The summed E-state index contributed by atoms with van der Waals surface area (Å²) in [6, 6.07) is 20.7. The highest BCUT2D eigenvalue weighted by Crippen LogP contribution is 2.48. The van der Waals surface area contributed by atoms with Gasteiger partial charge in [-0.05, 0) is 30.5 Å². The maximum absolute atomic E-state index is 12.5. The molecule has 124 valence electrons. The minimum atomic E-state index is -0.522. The van der Waals surface area contributed by atoms with Crippen LogP contribution in [0.3, 0.4) is 0 Å². The van der Waals surface area contributed by atoms with E-state index in [9.17, 15) is 9.59 Å². The number of nitrogens with zero attached hydrogens (tertiary/aromatic N) is 1. The van der Waals surface area contributed by atoms with Gasteiger partial charge in [0.1, 0.15) is 5.69 Å². The zero-order valence-corrected chi connectivity index (χ0v) is 13.5. The molecule has 1 aromatic heterocycles. The number of nitrogens with one attached hydrogen (secondary N) is 2. The normalized spacial score (nSPS) is 14.7. The van der Waals surface area contributed by atoms with Crippen LogP contribution in [0.25, 0.3) is 10.9 Å². The molecule has 3 aromatic rings. The number of pyridine rings is 1. The van der Waals surface area contributed by atoms with E-state index < -0.39 is 11.3 Å². The summed E-state index contributed by atoms with van der Waals surface area (Å²) < 4.78 is 0. The third-order valence-corrected chi connectivity index (χ3v) is 4.63. The molecule has 5 nitrogen and oxygen atoms in total. The molecule has 0 unspecified atom stereocenters. The Bertz CT molecular complexity index is 949. The van der Waals surface area contributed by atoms with Crippen LogP contribution >= 0.6 is 0 Å². The van der Waals surface area contributed by atoms with Crippen molar-refractivity contribution >= 4 is 22.7 Å². The highest BCUT2D eigenvalue weighted by Gasteiger charge is 2.51. The summed E-state index contributed by atoms with van der Waals surface area (Å²) in [6.45, 7) is 0. The number of carbonyl (C=O) groups is 2. The first kappa shape index (κ1) is 15.3. The monoisotopic (exact) mass is 331 g/mol. The van der Waals surface area contributed by atoms with Gasteiger partial charge in [-0.25, -0.2) is 4.98 Å². The summed E-state index contributed by atoms with van der Waals surface area (Å²) in [7, 11) is 0. The minimum absolute atomic E-state index is 0.187. The summed E-state index contributed by atoms with van der Waals surface area (Å²) in [5.41, 5.74) is 6.49. The van der Waals surface area contributed by atoms with E-state index in [0.717, 1.165) is 29.3 Å². The predicted octanol–water partition coefficient (Wildman–Crippen LogP) is 2.73. The molecule has 2 N–H and O–H groups in total. The lowest BCUT2D eigenvalue weighted by Gasteiger charge is -2.16. The van der Waals surface area contributed by atoms with Crippen molar-refractivity contribution in [2.45, 2.75) is 18.3 Å². The lowest BCUT2D eigenvalue weighted by Crippen LogP contribution is -2.46. The van der Waals surface area contributed by atoms with Crippen LogP contribution in [-0.2, 0) is 10.2 Å². The number of rotatable bonds is 3. The smallest absolute Gasteiger partial charge is 0.272 e. The second kappa shape index (κ2) is 6.02. The molecule has 0 atom stereocenters. The number of para-hydroxylation sites is 1. The fraction of sp³-hybridized carbons (Fsp3) is 0.150. The van der Waals surface area contributed by atoms with E-state index in [2.05, 4.69) is 15.8 Å². The molecule has 1 saturated carbocycles. The Kier molecular flexibility index (Phi) is 3.69. The van der Waals surface area contributed by atoms with Gasteiger partial charge in [-0.15, -0.1) is 0 Å². The molecule has 0 bridgehead atoms. The molecular formula is C20H17N3O2. The Morgan fingerprint density at radius 2 is 1.56 bits per heavy atom. The van der Waals surface area contributed by atoms with Gasteiger partial charge in [-0.3, -0.25) is 20.4 Å². The van der Waals surface area contributed by atoms with Gasteiger partial charge in [0, 0.05) is 5.39 Å². The Morgan fingerprint density at radius 3 is 2.32 bits per heavy atom. The largest absolute Gasteiger partial charge is 0.288 e. The molecule has 0 radical (unpaired) electrons. The lowest BCUT2D eigenvalue weighted by atomic mass is 9.95. The van der Waals surface area contributed by atoms with Crippen molar-refractivity contribution in [2.24, 2.45) is 0 Å². The number of hydrazine groups is 1. The molecule has 4 rings (SSSR count). The molecule has 5 heteroatoms. The quantitative estimate of drug-likeness (QED) is 0.725. The van der Waals surface area contributed by atoms with Gasteiger partial charge >= 0.3 is 0 Å². The van der Waals surface area contributed by atoms with Crippen molar-refractivity contribution in [1.82, 2.24) is 15.8 Å². The van der Waals surface area contributed by atoms with E-state index in [-0.39, 0.29) is 11.6 Å². The average molecular weight is 331 g/mol. The molecule has 0 aliphatic heterocycles. The molecule has 1 fully saturated rings. The SMILES string of the molecule is O=C(NNC(=O)C1(c2ccccc2)CC1)c1ccc2ccccc2n1. The van der Waals surface area contributed by atoms with Crippen molar-refractivity contribution in [3.8, 4) is 0 Å². The highest BCUT2D eigenvalue weighted by molar-refractivity contribution is 5.98. The van der Waals surface area contributed by atoms with Gasteiger partial charge in [0.05, 0.1) is 10.9 Å². The van der Waals surface area contributed by atoms with Crippen molar-refractivity contribution in [3.63, 3.8) is 0 Å². The number of hydrogen-bond acceptors (Lipinski definition) is 3. The van der Waals surface area contributed by atoms with Crippen molar-refractivity contribution < 1.29 is 9.59 Å². The van der Waals surface area contributed by atoms with E-state index in [0.29, 0.717) is 0 Å². The molecule has 0 spiro atoms. The fourth-order valence-corrected chi connectivity index (χ4v) is 3.02. The number of carbonyl (C=O) groups excluding carboxylic acids is 2. The molecular weight excluding hydrogens is 314 g/mol. The summed E-state index contributed by atoms with van der Waals surface area (Å²) in [4.78, 5) is 29.1. The molecule has 2 amide bonds. The predicted molar refractivity (Wildman–Crippen MR) is 94.7 cm³/mol. The zero-order valence-electron chi connectivity index (χ0n) is 13.5. The van der Waals surface area contributed by atoms with Crippen LogP contribution in [0.4, 0.5) is 0 Å². The maximum Gasteiger partial charge on any atom is 0.288 e. The Balaban J connectivity index is 1.45. The average Bonchev–Trinajstić information content (AvgIpc) is 3.48. The number of amides is 2. The fourth-order valence-electron chi connectivity index (χ4n) is 3.02. The van der Waals surface area contributed by atoms with Crippen LogP contribution < -0.4 is 10.9 Å². The van der Waals surface area contributed by atoms with Crippen LogP contribution in [0.5, 0.6) is 0 Å². The van der Waals surface area contributed by atoms with E-state index in [1.54, 1.807) is 6.07 Å². The number of hydrogen-bond donors (Lipinski definition) is 2.